The summed E-state index contributed by atoms with van der Waals surface area (Å²) in [7, 11) is 0. The van der Waals surface area contributed by atoms with Gasteiger partial charge >= 0.3 is 5.97 Å². The van der Waals surface area contributed by atoms with E-state index in [-0.39, 0.29) is 6.42 Å². The summed E-state index contributed by atoms with van der Waals surface area (Å²) in [5.74, 6) is 2.20. The van der Waals surface area contributed by atoms with E-state index in [1.54, 1.807) is 0 Å². The minimum absolute atomic E-state index is 0.139. The van der Waals surface area contributed by atoms with Crippen molar-refractivity contribution in [3.05, 3.63) is 54.1 Å². The van der Waals surface area contributed by atoms with Gasteiger partial charge in [-0.3, -0.25) is 4.79 Å². The van der Waals surface area contributed by atoms with Gasteiger partial charge in [0.25, 0.3) is 0 Å². The fourth-order valence-electron chi connectivity index (χ4n) is 3.31. The molecule has 0 aromatic heterocycles. The molecule has 0 bridgehead atoms. The summed E-state index contributed by atoms with van der Waals surface area (Å²) < 4.78 is 11.9. The molecule has 0 unspecified atom stereocenters. The van der Waals surface area contributed by atoms with Crippen molar-refractivity contribution in [3.8, 4) is 17.2 Å². The average Bonchev–Trinajstić information content (AvgIpc) is 2.67. The monoisotopic (exact) mass is 354 g/mol. The maximum atomic E-state index is 10.6. The van der Waals surface area contributed by atoms with E-state index in [0.717, 1.165) is 29.4 Å². The number of ether oxygens (including phenoxy) is 2. The molecule has 1 aliphatic carbocycles. The molecule has 0 amide bonds. The lowest BCUT2D eigenvalue weighted by atomic mass is 9.90. The molecule has 1 fully saturated rings. The molecule has 26 heavy (non-hydrogen) atoms. The van der Waals surface area contributed by atoms with E-state index < -0.39 is 5.97 Å². The van der Waals surface area contributed by atoms with Crippen LogP contribution in [-0.2, 0) is 11.2 Å². The smallest absolute Gasteiger partial charge is 0.303 e. The first-order chi connectivity index (χ1) is 12.7. The zero-order valence-electron chi connectivity index (χ0n) is 15.0. The van der Waals surface area contributed by atoms with Crippen molar-refractivity contribution in [1.29, 1.82) is 0 Å². The third-order valence-electron chi connectivity index (χ3n) is 4.80. The van der Waals surface area contributed by atoms with Gasteiger partial charge in [-0.25, -0.2) is 0 Å². The van der Waals surface area contributed by atoms with Crippen LogP contribution in [0.25, 0.3) is 0 Å². The van der Waals surface area contributed by atoms with Crippen LogP contribution in [-0.4, -0.2) is 17.7 Å². The lowest BCUT2D eigenvalue weighted by molar-refractivity contribution is -0.136. The van der Waals surface area contributed by atoms with Gasteiger partial charge in [0.1, 0.15) is 17.2 Å². The van der Waals surface area contributed by atoms with Crippen LogP contribution in [0, 0.1) is 5.92 Å². The highest BCUT2D eigenvalue weighted by Crippen LogP contribution is 2.28. The number of carbonyl (C=O) groups is 1. The quantitative estimate of drug-likeness (QED) is 0.684. The Kier molecular flexibility index (Phi) is 6.53. The van der Waals surface area contributed by atoms with Gasteiger partial charge in [0.2, 0.25) is 0 Å². The number of aryl methyl sites for hydroxylation is 1. The molecule has 0 atom stereocenters. The van der Waals surface area contributed by atoms with Crippen molar-refractivity contribution in [2.45, 2.75) is 44.9 Å². The maximum Gasteiger partial charge on any atom is 0.303 e. The summed E-state index contributed by atoms with van der Waals surface area (Å²) in [5.41, 5.74) is 0.990. The number of carboxylic acid groups (broad SMARTS) is 1. The van der Waals surface area contributed by atoms with Crippen molar-refractivity contribution in [3.63, 3.8) is 0 Å². The standard InChI is InChI=1S/C22H26O4/c23-22(24)14-11-17-9-12-19(13-10-17)26-21-8-4-7-20(15-21)25-16-18-5-2-1-3-6-18/h4,7-10,12-13,15,18H,1-3,5-6,11,14,16H2,(H,23,24). The molecular formula is C22H26O4. The molecule has 4 heteroatoms. The minimum atomic E-state index is -0.782. The number of rotatable bonds is 8. The average molecular weight is 354 g/mol. The molecule has 0 saturated heterocycles. The molecule has 0 aliphatic heterocycles. The van der Waals surface area contributed by atoms with Gasteiger partial charge in [-0.1, -0.05) is 37.5 Å². The molecule has 138 valence electrons. The van der Waals surface area contributed by atoms with Gasteiger partial charge in [0, 0.05) is 12.5 Å². The molecule has 1 N–H and O–H groups in total. The third-order valence-corrected chi connectivity index (χ3v) is 4.80. The largest absolute Gasteiger partial charge is 0.493 e. The summed E-state index contributed by atoms with van der Waals surface area (Å²) in [4.78, 5) is 10.6. The van der Waals surface area contributed by atoms with Crippen molar-refractivity contribution in [2.24, 2.45) is 5.92 Å². The van der Waals surface area contributed by atoms with E-state index in [4.69, 9.17) is 14.6 Å². The number of aliphatic carboxylic acids is 1. The molecule has 3 rings (SSSR count). The fourth-order valence-corrected chi connectivity index (χ4v) is 3.31. The van der Waals surface area contributed by atoms with Crippen LogP contribution in [0.2, 0.25) is 0 Å². The highest BCUT2D eigenvalue weighted by atomic mass is 16.5. The first kappa shape index (κ1) is 18.3. The van der Waals surface area contributed by atoms with E-state index in [1.165, 1.54) is 32.1 Å². The molecule has 0 spiro atoms. The number of benzene rings is 2. The molecule has 2 aromatic rings. The van der Waals surface area contributed by atoms with Crippen LogP contribution in [0.4, 0.5) is 0 Å². The van der Waals surface area contributed by atoms with Crippen LogP contribution in [0.15, 0.2) is 48.5 Å². The topological polar surface area (TPSA) is 55.8 Å². The van der Waals surface area contributed by atoms with Crippen molar-refractivity contribution < 1.29 is 19.4 Å². The summed E-state index contributed by atoms with van der Waals surface area (Å²) in [6, 6.07) is 15.3. The van der Waals surface area contributed by atoms with Crippen LogP contribution < -0.4 is 9.47 Å². The number of hydrogen-bond acceptors (Lipinski definition) is 3. The normalized spacial score (nSPS) is 14.8. The first-order valence-electron chi connectivity index (χ1n) is 9.40. The van der Waals surface area contributed by atoms with E-state index in [1.807, 2.05) is 48.5 Å². The second-order valence-electron chi connectivity index (χ2n) is 6.93. The Bertz CT molecular complexity index is 702. The zero-order chi connectivity index (χ0) is 18.2. The van der Waals surface area contributed by atoms with Gasteiger partial charge in [0.05, 0.1) is 6.61 Å². The molecule has 0 radical (unpaired) electrons. The predicted octanol–water partition coefficient (Wildman–Crippen LogP) is 5.46. The molecule has 4 nitrogen and oxygen atoms in total. The Morgan fingerprint density at radius 2 is 1.69 bits per heavy atom. The van der Waals surface area contributed by atoms with Gasteiger partial charge < -0.3 is 14.6 Å². The first-order valence-corrected chi connectivity index (χ1v) is 9.40. The molecule has 1 saturated carbocycles. The van der Waals surface area contributed by atoms with Gasteiger partial charge in [-0.2, -0.15) is 0 Å². The Hall–Kier alpha value is -2.49. The highest BCUT2D eigenvalue weighted by molar-refractivity contribution is 5.67. The van der Waals surface area contributed by atoms with Crippen LogP contribution >= 0.6 is 0 Å². The Labute approximate surface area is 154 Å². The van der Waals surface area contributed by atoms with E-state index in [2.05, 4.69) is 0 Å². The Morgan fingerprint density at radius 1 is 0.962 bits per heavy atom. The van der Waals surface area contributed by atoms with E-state index in [0.29, 0.717) is 12.3 Å². The zero-order valence-corrected chi connectivity index (χ0v) is 15.0. The summed E-state index contributed by atoms with van der Waals surface area (Å²) in [6.07, 6.45) is 7.20. The number of hydrogen-bond donors (Lipinski definition) is 1. The van der Waals surface area contributed by atoms with E-state index >= 15 is 0 Å². The molecule has 0 heterocycles. The van der Waals surface area contributed by atoms with Crippen LogP contribution in [0.3, 0.4) is 0 Å². The second-order valence-corrected chi connectivity index (χ2v) is 6.93. The summed E-state index contributed by atoms with van der Waals surface area (Å²) >= 11 is 0. The Balaban J connectivity index is 1.53. The molecule has 1 aliphatic rings. The van der Waals surface area contributed by atoms with Gasteiger partial charge in [0.15, 0.2) is 0 Å². The van der Waals surface area contributed by atoms with Crippen LogP contribution in [0.5, 0.6) is 17.2 Å². The summed E-state index contributed by atoms with van der Waals surface area (Å²) in [5, 5.41) is 8.74. The summed E-state index contributed by atoms with van der Waals surface area (Å²) in [6.45, 7) is 0.779. The second kappa shape index (κ2) is 9.27. The van der Waals surface area contributed by atoms with E-state index in [9.17, 15) is 4.79 Å². The predicted molar refractivity (Wildman–Crippen MR) is 101 cm³/mol. The molecule has 2 aromatic carbocycles. The highest BCUT2D eigenvalue weighted by Gasteiger charge is 2.14. The maximum absolute atomic E-state index is 10.6. The third kappa shape index (κ3) is 5.80. The number of carboxylic acids is 1. The van der Waals surface area contributed by atoms with Crippen molar-refractivity contribution in [2.75, 3.05) is 6.61 Å². The SMILES string of the molecule is O=C(O)CCc1ccc(Oc2cccc(OCC3CCCCC3)c2)cc1. The van der Waals surface area contributed by atoms with Gasteiger partial charge in [-0.05, 0) is 55.0 Å². The van der Waals surface area contributed by atoms with Crippen LogP contribution in [0.1, 0.15) is 44.1 Å². The van der Waals surface area contributed by atoms with Gasteiger partial charge in [-0.15, -0.1) is 0 Å². The Morgan fingerprint density at radius 3 is 2.42 bits per heavy atom. The lowest BCUT2D eigenvalue weighted by Gasteiger charge is -2.21. The van der Waals surface area contributed by atoms with Crippen molar-refractivity contribution in [1.82, 2.24) is 0 Å². The van der Waals surface area contributed by atoms with Crippen molar-refractivity contribution >= 4 is 5.97 Å². The fraction of sp³-hybridized carbons (Fsp3) is 0.409. The minimum Gasteiger partial charge on any atom is -0.493 e. The molecular weight excluding hydrogens is 328 g/mol. The lowest BCUT2D eigenvalue weighted by Crippen LogP contribution is -2.15.